The zero-order valence-corrected chi connectivity index (χ0v) is 19.6. The van der Waals surface area contributed by atoms with E-state index in [2.05, 4.69) is 4.90 Å². The van der Waals surface area contributed by atoms with E-state index in [1.165, 1.54) is 18.3 Å². The van der Waals surface area contributed by atoms with E-state index in [1.807, 2.05) is 37.4 Å². The maximum Gasteiger partial charge on any atom is 0.308 e. The van der Waals surface area contributed by atoms with Gasteiger partial charge >= 0.3 is 10.1 Å². The molecule has 0 aliphatic carbocycles. The minimum Gasteiger partial charge on any atom is -0.383 e. The molecular weight excluding hydrogens is 424 g/mol. The van der Waals surface area contributed by atoms with Gasteiger partial charge in [0, 0.05) is 50.6 Å². The Labute approximate surface area is 183 Å². The lowest BCUT2D eigenvalue weighted by atomic mass is 10.1. The minimum atomic E-state index is -3.71. The first-order chi connectivity index (χ1) is 14.3. The smallest absolute Gasteiger partial charge is 0.308 e. The summed E-state index contributed by atoms with van der Waals surface area (Å²) in [4.78, 5) is 17.3. The van der Waals surface area contributed by atoms with E-state index in [4.69, 9.17) is 8.92 Å². The monoisotopic (exact) mass is 454 g/mol. The summed E-state index contributed by atoms with van der Waals surface area (Å²) < 4.78 is 34.9. The Bertz CT molecular complexity index is 909. The minimum absolute atomic E-state index is 0.126. The van der Waals surface area contributed by atoms with Gasteiger partial charge in [0.05, 0.1) is 17.2 Å². The fraction of sp³-hybridized carbons (Fsp3) is 0.476. The summed E-state index contributed by atoms with van der Waals surface area (Å²) in [5.41, 5.74) is 1.50. The number of nitrogens with zero attached hydrogens (tertiary/aromatic N) is 2. The van der Waals surface area contributed by atoms with Gasteiger partial charge in [-0.25, -0.2) is 0 Å². The summed E-state index contributed by atoms with van der Waals surface area (Å²) in [7, 11) is -2.13. The molecule has 0 saturated heterocycles. The van der Waals surface area contributed by atoms with Gasteiger partial charge in [-0.15, -0.1) is 11.3 Å². The highest BCUT2D eigenvalue weighted by molar-refractivity contribution is 7.87. The van der Waals surface area contributed by atoms with Crippen LogP contribution < -0.4 is 9.08 Å². The molecule has 0 saturated carbocycles. The van der Waals surface area contributed by atoms with Crippen molar-refractivity contribution in [2.75, 3.05) is 44.0 Å². The molecule has 0 bridgehead atoms. The lowest BCUT2D eigenvalue weighted by molar-refractivity contribution is 0.0684. The van der Waals surface area contributed by atoms with Crippen LogP contribution in [0.25, 0.3) is 0 Å². The molecule has 166 valence electrons. The third-order valence-corrected chi connectivity index (χ3v) is 6.69. The van der Waals surface area contributed by atoms with Gasteiger partial charge in [0.25, 0.3) is 5.91 Å². The average molecular weight is 455 g/mol. The maximum atomic E-state index is 13.0. The molecule has 7 nitrogen and oxygen atoms in total. The first kappa shape index (κ1) is 24.2. The molecule has 30 heavy (non-hydrogen) atoms. The van der Waals surface area contributed by atoms with Crippen LogP contribution in [0.3, 0.4) is 0 Å². The van der Waals surface area contributed by atoms with Crippen LogP contribution in [0.4, 0.5) is 5.69 Å². The van der Waals surface area contributed by atoms with Crippen LogP contribution in [0.5, 0.6) is 5.75 Å². The van der Waals surface area contributed by atoms with E-state index in [1.54, 1.807) is 24.1 Å². The van der Waals surface area contributed by atoms with Crippen molar-refractivity contribution in [2.45, 2.75) is 27.3 Å². The maximum absolute atomic E-state index is 13.0. The Hall–Kier alpha value is -2.10. The third kappa shape index (κ3) is 6.45. The van der Waals surface area contributed by atoms with Crippen molar-refractivity contribution in [2.24, 2.45) is 0 Å². The van der Waals surface area contributed by atoms with Crippen molar-refractivity contribution in [1.82, 2.24) is 4.90 Å². The van der Waals surface area contributed by atoms with Crippen LogP contribution in [0.15, 0.2) is 35.7 Å². The molecule has 0 unspecified atom stereocenters. The number of hydrogen-bond acceptors (Lipinski definition) is 7. The second-order valence-electron chi connectivity index (χ2n) is 6.59. The second-order valence-corrected chi connectivity index (χ2v) is 9.40. The van der Waals surface area contributed by atoms with Gasteiger partial charge in [0.2, 0.25) is 0 Å². The SMILES string of the molecule is CCN(CC)c1ccc(CN(CCOC)C(=O)c2cccs2)c(OS(=O)(=O)CC)c1. The van der Waals surface area contributed by atoms with E-state index in [0.717, 1.165) is 18.8 Å². The van der Waals surface area contributed by atoms with Crippen LogP contribution >= 0.6 is 11.3 Å². The van der Waals surface area contributed by atoms with Crippen LogP contribution in [0, 0.1) is 0 Å². The molecule has 0 spiro atoms. The molecule has 0 aliphatic heterocycles. The van der Waals surface area contributed by atoms with Crippen LogP contribution in [0.1, 0.15) is 36.0 Å². The van der Waals surface area contributed by atoms with Crippen molar-refractivity contribution in [3.63, 3.8) is 0 Å². The lowest BCUT2D eigenvalue weighted by Gasteiger charge is -2.25. The Kier molecular flexibility index (Phi) is 9.13. The highest BCUT2D eigenvalue weighted by atomic mass is 32.2. The summed E-state index contributed by atoms with van der Waals surface area (Å²) in [6.45, 7) is 8.14. The number of hydrogen-bond donors (Lipinski definition) is 0. The van der Waals surface area contributed by atoms with Gasteiger partial charge in [0.15, 0.2) is 0 Å². The number of amides is 1. The van der Waals surface area contributed by atoms with Crippen LogP contribution in [0.2, 0.25) is 0 Å². The lowest BCUT2D eigenvalue weighted by Crippen LogP contribution is -2.33. The Morgan fingerprint density at radius 3 is 2.43 bits per heavy atom. The largest absolute Gasteiger partial charge is 0.383 e. The molecule has 0 N–H and O–H groups in total. The molecule has 2 aromatic rings. The summed E-state index contributed by atoms with van der Waals surface area (Å²) in [5.74, 6) is -0.00878. The third-order valence-electron chi connectivity index (χ3n) is 4.70. The Morgan fingerprint density at radius 2 is 1.87 bits per heavy atom. The zero-order valence-electron chi connectivity index (χ0n) is 18.0. The number of methoxy groups -OCH3 is 1. The summed E-state index contributed by atoms with van der Waals surface area (Å²) in [6, 6.07) is 9.09. The highest BCUT2D eigenvalue weighted by Crippen LogP contribution is 2.29. The number of carbonyl (C=O) groups excluding carboxylic acids is 1. The fourth-order valence-electron chi connectivity index (χ4n) is 2.95. The van der Waals surface area contributed by atoms with Gasteiger partial charge in [-0.3, -0.25) is 4.79 Å². The molecule has 1 heterocycles. The van der Waals surface area contributed by atoms with E-state index >= 15 is 0 Å². The standard InChI is InChI=1S/C21H30N2O5S2/c1-5-22(6-2)18-11-10-17(19(15-18)28-30(25,26)7-3)16-23(12-13-27-4)21(24)20-9-8-14-29-20/h8-11,14-15H,5-7,12-13,16H2,1-4H3. The molecule has 0 fully saturated rings. The van der Waals surface area contributed by atoms with Crippen LogP contribution in [-0.2, 0) is 21.4 Å². The molecule has 0 atom stereocenters. The molecular formula is C21H30N2O5S2. The van der Waals surface area contributed by atoms with Gasteiger partial charge in [-0.2, -0.15) is 8.42 Å². The van der Waals surface area contributed by atoms with E-state index in [-0.39, 0.29) is 24.0 Å². The number of ether oxygens (including phenoxy) is 1. The van der Waals surface area contributed by atoms with Crippen molar-refractivity contribution in [3.8, 4) is 5.75 Å². The van der Waals surface area contributed by atoms with Gasteiger partial charge < -0.3 is 18.7 Å². The van der Waals surface area contributed by atoms with Crippen molar-refractivity contribution < 1.29 is 22.1 Å². The second kappa shape index (κ2) is 11.3. The van der Waals surface area contributed by atoms with E-state index in [9.17, 15) is 13.2 Å². The summed E-state index contributed by atoms with van der Waals surface area (Å²) >= 11 is 1.37. The number of rotatable bonds is 12. The quantitative estimate of drug-likeness (QED) is 0.456. The predicted octanol–water partition coefficient (Wildman–Crippen LogP) is 3.61. The molecule has 1 aromatic heterocycles. The van der Waals surface area contributed by atoms with Gasteiger partial charge in [0.1, 0.15) is 5.75 Å². The molecule has 2 rings (SSSR count). The van der Waals surface area contributed by atoms with E-state index < -0.39 is 10.1 Å². The van der Waals surface area contributed by atoms with E-state index in [0.29, 0.717) is 23.6 Å². The van der Waals surface area contributed by atoms with Crippen molar-refractivity contribution in [3.05, 3.63) is 46.2 Å². The van der Waals surface area contributed by atoms with Gasteiger partial charge in [-0.1, -0.05) is 12.1 Å². The van der Waals surface area contributed by atoms with Crippen molar-refractivity contribution in [1.29, 1.82) is 0 Å². The predicted molar refractivity (Wildman–Crippen MR) is 121 cm³/mol. The Morgan fingerprint density at radius 1 is 1.13 bits per heavy atom. The zero-order chi connectivity index (χ0) is 22.1. The molecule has 9 heteroatoms. The normalized spacial score (nSPS) is 11.3. The Balaban J connectivity index is 2.41. The number of benzene rings is 1. The number of thiophene rings is 1. The summed E-state index contributed by atoms with van der Waals surface area (Å²) in [5, 5.41) is 1.85. The molecule has 1 aromatic carbocycles. The van der Waals surface area contributed by atoms with Gasteiger partial charge in [-0.05, 0) is 38.3 Å². The topological polar surface area (TPSA) is 76.2 Å². The van der Waals surface area contributed by atoms with Crippen LogP contribution in [-0.4, -0.2) is 58.3 Å². The number of carbonyl (C=O) groups is 1. The molecule has 0 radical (unpaired) electrons. The highest BCUT2D eigenvalue weighted by Gasteiger charge is 2.21. The molecule has 1 amide bonds. The first-order valence-electron chi connectivity index (χ1n) is 9.96. The average Bonchev–Trinajstić information content (AvgIpc) is 3.27. The summed E-state index contributed by atoms with van der Waals surface area (Å²) in [6.07, 6.45) is 0. The first-order valence-corrected chi connectivity index (χ1v) is 12.4. The fourth-order valence-corrected chi connectivity index (χ4v) is 4.19. The molecule has 0 aliphatic rings. The number of anilines is 1. The van der Waals surface area contributed by atoms with Crippen molar-refractivity contribution >= 4 is 33.0 Å².